The summed E-state index contributed by atoms with van der Waals surface area (Å²) < 4.78 is 6.33. The molecule has 13 rings (SSSR count). The molecule has 1 heterocycles. The van der Waals surface area contributed by atoms with Gasteiger partial charge >= 0.3 is 0 Å². The molecule has 0 bridgehead atoms. The van der Waals surface area contributed by atoms with Gasteiger partial charge in [0.05, 0.1) is 0 Å². The second-order valence-electron chi connectivity index (χ2n) is 17.2. The lowest BCUT2D eigenvalue weighted by molar-refractivity contribution is 0.669. The van der Waals surface area contributed by atoms with Crippen LogP contribution in [0.2, 0.25) is 0 Å². The first-order valence-electron chi connectivity index (χ1n) is 22.6. The first-order chi connectivity index (χ1) is 32.7. The van der Waals surface area contributed by atoms with Gasteiger partial charge in [-0.25, -0.2) is 0 Å². The lowest BCUT2D eigenvalue weighted by atomic mass is 9.94. The number of hydrogen-bond donors (Lipinski definition) is 0. The van der Waals surface area contributed by atoms with Crippen LogP contribution in [0.15, 0.2) is 253 Å². The average Bonchev–Trinajstić information content (AvgIpc) is 3.78. The molecule has 2 nitrogen and oxygen atoms in total. The predicted octanol–water partition coefficient (Wildman–Crippen LogP) is 18.3. The Morgan fingerprint density at radius 3 is 1.47 bits per heavy atom. The zero-order chi connectivity index (χ0) is 43.6. The highest BCUT2D eigenvalue weighted by molar-refractivity contribution is 6.14. The fourth-order valence-corrected chi connectivity index (χ4v) is 10.2. The lowest BCUT2D eigenvalue weighted by Crippen LogP contribution is -2.10. The third kappa shape index (κ3) is 6.42. The molecular formula is C64H41NO. The third-order valence-electron chi connectivity index (χ3n) is 13.4. The summed E-state index contributed by atoms with van der Waals surface area (Å²) in [5.41, 5.74) is 14.4. The van der Waals surface area contributed by atoms with Gasteiger partial charge < -0.3 is 9.32 Å². The summed E-state index contributed by atoms with van der Waals surface area (Å²) in [6.45, 7) is 0. The Kier molecular flexibility index (Phi) is 8.89. The number of hydrogen-bond acceptors (Lipinski definition) is 2. The molecule has 0 aliphatic carbocycles. The number of anilines is 3. The maximum atomic E-state index is 6.33. The van der Waals surface area contributed by atoms with Crippen molar-refractivity contribution in [2.75, 3.05) is 4.90 Å². The van der Waals surface area contributed by atoms with Gasteiger partial charge in [-0.2, -0.15) is 0 Å². The van der Waals surface area contributed by atoms with Gasteiger partial charge in [-0.15, -0.1) is 0 Å². The number of para-hydroxylation sites is 1. The summed E-state index contributed by atoms with van der Waals surface area (Å²) in [5.74, 6) is 0. The van der Waals surface area contributed by atoms with Gasteiger partial charge in [0.2, 0.25) is 0 Å². The summed E-state index contributed by atoms with van der Waals surface area (Å²) in [6.07, 6.45) is 0. The van der Waals surface area contributed by atoms with E-state index in [1.54, 1.807) is 0 Å². The van der Waals surface area contributed by atoms with Crippen LogP contribution in [0.25, 0.3) is 110 Å². The van der Waals surface area contributed by atoms with Crippen molar-refractivity contribution in [2.24, 2.45) is 0 Å². The Labute approximate surface area is 382 Å². The number of nitrogens with zero attached hydrogens (tertiary/aromatic N) is 1. The Balaban J connectivity index is 0.897. The molecule has 2 heteroatoms. The van der Waals surface area contributed by atoms with Crippen molar-refractivity contribution >= 4 is 82.1 Å². The van der Waals surface area contributed by atoms with Gasteiger partial charge in [0, 0.05) is 27.8 Å². The van der Waals surface area contributed by atoms with Gasteiger partial charge in [-0.1, -0.05) is 194 Å². The molecule has 308 valence electrons. The molecule has 0 aliphatic rings. The van der Waals surface area contributed by atoms with Crippen molar-refractivity contribution in [3.05, 3.63) is 249 Å². The van der Waals surface area contributed by atoms with Crippen molar-refractivity contribution in [1.82, 2.24) is 0 Å². The van der Waals surface area contributed by atoms with E-state index in [0.717, 1.165) is 50.1 Å². The van der Waals surface area contributed by atoms with E-state index in [1.165, 1.54) is 76.5 Å². The molecule has 0 spiro atoms. The van der Waals surface area contributed by atoms with Crippen LogP contribution in [0, 0.1) is 0 Å². The molecule has 0 saturated carbocycles. The molecular weight excluding hydrogens is 799 g/mol. The van der Waals surface area contributed by atoms with Crippen LogP contribution in [0.1, 0.15) is 0 Å². The van der Waals surface area contributed by atoms with Gasteiger partial charge in [0.1, 0.15) is 11.2 Å². The number of benzene rings is 12. The van der Waals surface area contributed by atoms with Gasteiger partial charge in [-0.3, -0.25) is 0 Å². The number of fused-ring (bicyclic) bond motifs is 9. The van der Waals surface area contributed by atoms with Crippen molar-refractivity contribution in [1.29, 1.82) is 0 Å². The van der Waals surface area contributed by atoms with Gasteiger partial charge in [0.25, 0.3) is 0 Å². The molecule has 0 aliphatic heterocycles. The normalized spacial score (nSPS) is 11.6. The average molecular weight is 840 g/mol. The fourth-order valence-electron chi connectivity index (χ4n) is 10.2. The molecule has 0 saturated heterocycles. The minimum Gasteiger partial charge on any atom is -0.456 e. The van der Waals surface area contributed by atoms with Crippen LogP contribution in [0.3, 0.4) is 0 Å². The molecule has 0 fully saturated rings. The maximum Gasteiger partial charge on any atom is 0.136 e. The zero-order valence-corrected chi connectivity index (χ0v) is 36.0. The molecule has 12 aromatic carbocycles. The van der Waals surface area contributed by atoms with Crippen molar-refractivity contribution in [2.45, 2.75) is 0 Å². The summed E-state index contributed by atoms with van der Waals surface area (Å²) in [7, 11) is 0. The van der Waals surface area contributed by atoms with Crippen LogP contribution in [0.5, 0.6) is 0 Å². The molecule has 0 unspecified atom stereocenters. The Bertz CT molecular complexity index is 3990. The number of furan rings is 1. The molecule has 1 aromatic heterocycles. The fraction of sp³-hybridized carbons (Fsp3) is 0. The molecule has 66 heavy (non-hydrogen) atoms. The quantitative estimate of drug-likeness (QED) is 0.149. The molecule has 0 amide bonds. The van der Waals surface area contributed by atoms with Crippen molar-refractivity contribution in [3.63, 3.8) is 0 Å². The smallest absolute Gasteiger partial charge is 0.136 e. The van der Waals surface area contributed by atoms with Gasteiger partial charge in [-0.05, 0) is 142 Å². The maximum absolute atomic E-state index is 6.33. The van der Waals surface area contributed by atoms with Crippen LogP contribution < -0.4 is 4.90 Å². The van der Waals surface area contributed by atoms with E-state index in [-0.39, 0.29) is 0 Å². The largest absolute Gasteiger partial charge is 0.456 e. The molecule has 0 N–H and O–H groups in total. The molecule has 13 aromatic rings. The minimum atomic E-state index is 0.890. The third-order valence-corrected chi connectivity index (χ3v) is 13.4. The summed E-state index contributed by atoms with van der Waals surface area (Å²) in [6, 6.07) is 90.3. The monoisotopic (exact) mass is 839 g/mol. The van der Waals surface area contributed by atoms with Crippen LogP contribution >= 0.6 is 0 Å². The van der Waals surface area contributed by atoms with E-state index in [1.807, 2.05) is 12.1 Å². The summed E-state index contributed by atoms with van der Waals surface area (Å²) in [5, 5.41) is 12.4. The standard InChI is InChI=1S/C64H41NO/c1-3-17-54-45(11-1)29-30-50-39-47(34-37-57(50)54)44-27-25-42(26-28-44)43-31-35-51(36-32-43)65(53-16-8-14-49(41-53)58-21-10-24-63-64(58)61-19-5-6-23-62(61)66-63)52-15-7-13-48(40-52)56-20-9-22-59-55-18-4-2-12-46(55)33-38-60(56)59/h1-41H. The highest BCUT2D eigenvalue weighted by Gasteiger charge is 2.18. The number of rotatable bonds is 7. The first kappa shape index (κ1) is 37.8. The molecule has 0 radical (unpaired) electrons. The summed E-state index contributed by atoms with van der Waals surface area (Å²) >= 11 is 0. The highest BCUT2D eigenvalue weighted by Crippen LogP contribution is 2.43. The summed E-state index contributed by atoms with van der Waals surface area (Å²) in [4.78, 5) is 2.39. The van der Waals surface area contributed by atoms with Crippen LogP contribution in [-0.4, -0.2) is 0 Å². The highest BCUT2D eigenvalue weighted by atomic mass is 16.3. The van der Waals surface area contributed by atoms with E-state index in [0.29, 0.717) is 0 Å². The van der Waals surface area contributed by atoms with Crippen molar-refractivity contribution < 1.29 is 4.42 Å². The minimum absolute atomic E-state index is 0.890. The van der Waals surface area contributed by atoms with Gasteiger partial charge in [0.15, 0.2) is 0 Å². The second-order valence-corrected chi connectivity index (χ2v) is 17.2. The Morgan fingerprint density at radius 1 is 0.242 bits per heavy atom. The Hall–Kier alpha value is -8.72. The van der Waals surface area contributed by atoms with E-state index < -0.39 is 0 Å². The van der Waals surface area contributed by atoms with E-state index >= 15 is 0 Å². The first-order valence-corrected chi connectivity index (χ1v) is 22.6. The van der Waals surface area contributed by atoms with E-state index in [2.05, 4.69) is 241 Å². The second kappa shape index (κ2) is 15.5. The van der Waals surface area contributed by atoms with Crippen molar-refractivity contribution in [3.8, 4) is 44.5 Å². The predicted molar refractivity (Wildman–Crippen MR) is 280 cm³/mol. The van der Waals surface area contributed by atoms with Crippen LogP contribution in [-0.2, 0) is 0 Å². The lowest BCUT2D eigenvalue weighted by Gasteiger charge is -2.27. The molecule has 0 atom stereocenters. The SMILES string of the molecule is c1cc(-c2cccc3c2ccc2ccccc23)cc(N(c2ccc(-c3ccc(-c4ccc5c(ccc6ccccc65)c4)cc3)cc2)c2cccc(-c3cccc4oc5ccccc5c34)c2)c1. The topological polar surface area (TPSA) is 16.4 Å². The Morgan fingerprint density at radius 2 is 0.727 bits per heavy atom. The van der Waals surface area contributed by atoms with E-state index in [9.17, 15) is 0 Å². The van der Waals surface area contributed by atoms with E-state index in [4.69, 9.17) is 4.42 Å². The van der Waals surface area contributed by atoms with Crippen LogP contribution in [0.4, 0.5) is 17.1 Å². The zero-order valence-electron chi connectivity index (χ0n) is 36.0.